The quantitative estimate of drug-likeness (QED) is 0.859. The van der Waals surface area contributed by atoms with Crippen molar-refractivity contribution in [3.05, 3.63) is 69.2 Å². The highest BCUT2D eigenvalue weighted by atomic mass is 35.5. The lowest BCUT2D eigenvalue weighted by molar-refractivity contribution is 0.871. The average molecular weight is 266 g/mol. The van der Waals surface area contributed by atoms with Crippen molar-refractivity contribution in [3.63, 3.8) is 0 Å². The molecule has 1 unspecified atom stereocenters. The van der Waals surface area contributed by atoms with Crippen molar-refractivity contribution in [2.24, 2.45) is 5.73 Å². The first-order valence-electron chi connectivity index (χ1n) is 5.35. The van der Waals surface area contributed by atoms with Crippen LogP contribution < -0.4 is 5.73 Å². The predicted molar refractivity (Wildman–Crippen MR) is 73.7 cm³/mol. The maximum atomic E-state index is 6.19. The van der Waals surface area contributed by atoms with Gasteiger partial charge in [0.1, 0.15) is 0 Å². The first kappa shape index (κ1) is 12.4. The molecule has 0 spiro atoms. The third kappa shape index (κ3) is 2.63. The van der Waals surface area contributed by atoms with Gasteiger partial charge in [-0.1, -0.05) is 65.2 Å². The van der Waals surface area contributed by atoms with Gasteiger partial charge in [0.2, 0.25) is 0 Å². The van der Waals surface area contributed by atoms with E-state index in [2.05, 4.69) is 0 Å². The second kappa shape index (κ2) is 5.09. The monoisotopic (exact) mass is 265 g/mol. The standard InChI is InChI=1S/C14H13Cl2N/c1-9-5-7-10(8-6-9)14(17)11-3-2-4-12(15)13(11)16/h2-8,14H,17H2,1H3. The first-order valence-corrected chi connectivity index (χ1v) is 6.11. The lowest BCUT2D eigenvalue weighted by Gasteiger charge is -2.15. The molecule has 2 aromatic rings. The number of aryl methyl sites for hydroxylation is 1. The fraction of sp³-hybridized carbons (Fsp3) is 0.143. The number of nitrogens with two attached hydrogens (primary N) is 1. The van der Waals surface area contributed by atoms with Crippen molar-refractivity contribution in [2.75, 3.05) is 0 Å². The van der Waals surface area contributed by atoms with Crippen LogP contribution >= 0.6 is 23.2 Å². The lowest BCUT2D eigenvalue weighted by Crippen LogP contribution is -2.12. The summed E-state index contributed by atoms with van der Waals surface area (Å²) in [6, 6.07) is 13.4. The van der Waals surface area contributed by atoms with Crippen LogP contribution in [0.2, 0.25) is 10.0 Å². The largest absolute Gasteiger partial charge is 0.320 e. The molecule has 3 heteroatoms. The molecule has 0 fully saturated rings. The van der Waals surface area contributed by atoms with E-state index in [9.17, 15) is 0 Å². The Bertz CT molecular complexity index is 520. The lowest BCUT2D eigenvalue weighted by atomic mass is 9.99. The summed E-state index contributed by atoms with van der Waals surface area (Å²) in [6.07, 6.45) is 0. The molecule has 0 aliphatic rings. The number of halogens is 2. The van der Waals surface area contributed by atoms with Crippen LogP contribution in [0.3, 0.4) is 0 Å². The molecule has 1 nitrogen and oxygen atoms in total. The molecule has 1 atom stereocenters. The van der Waals surface area contributed by atoms with Gasteiger partial charge in [-0.3, -0.25) is 0 Å². The third-order valence-corrected chi connectivity index (χ3v) is 3.59. The minimum Gasteiger partial charge on any atom is -0.320 e. The molecular weight excluding hydrogens is 253 g/mol. The summed E-state index contributed by atoms with van der Waals surface area (Å²) in [6.45, 7) is 2.04. The minimum atomic E-state index is -0.248. The Labute approximate surface area is 111 Å². The van der Waals surface area contributed by atoms with Gasteiger partial charge in [-0.15, -0.1) is 0 Å². The zero-order chi connectivity index (χ0) is 12.4. The molecule has 0 heterocycles. The fourth-order valence-corrected chi connectivity index (χ4v) is 2.14. The van der Waals surface area contributed by atoms with Gasteiger partial charge in [-0.2, -0.15) is 0 Å². The summed E-state index contributed by atoms with van der Waals surface area (Å²) < 4.78 is 0. The number of benzene rings is 2. The zero-order valence-electron chi connectivity index (χ0n) is 9.45. The van der Waals surface area contributed by atoms with E-state index >= 15 is 0 Å². The highest BCUT2D eigenvalue weighted by Crippen LogP contribution is 2.31. The van der Waals surface area contributed by atoms with E-state index in [4.69, 9.17) is 28.9 Å². The SMILES string of the molecule is Cc1ccc(C(N)c2cccc(Cl)c2Cl)cc1. The molecule has 0 aromatic heterocycles. The summed E-state index contributed by atoms with van der Waals surface area (Å²) in [5, 5.41) is 1.06. The van der Waals surface area contributed by atoms with E-state index in [0.29, 0.717) is 10.0 Å². The summed E-state index contributed by atoms with van der Waals surface area (Å²) in [5.41, 5.74) is 9.28. The van der Waals surface area contributed by atoms with Crippen molar-refractivity contribution in [1.29, 1.82) is 0 Å². The van der Waals surface area contributed by atoms with Crippen LogP contribution in [0.1, 0.15) is 22.7 Å². The normalized spacial score (nSPS) is 12.5. The Morgan fingerprint density at radius 3 is 2.29 bits per heavy atom. The number of hydrogen-bond donors (Lipinski definition) is 1. The van der Waals surface area contributed by atoms with E-state index in [1.165, 1.54) is 5.56 Å². The first-order chi connectivity index (χ1) is 8.09. The maximum Gasteiger partial charge on any atom is 0.0643 e. The molecule has 0 amide bonds. The van der Waals surface area contributed by atoms with Crippen molar-refractivity contribution in [2.45, 2.75) is 13.0 Å². The Morgan fingerprint density at radius 2 is 1.65 bits per heavy atom. The van der Waals surface area contributed by atoms with Crippen LogP contribution in [0.25, 0.3) is 0 Å². The number of rotatable bonds is 2. The summed E-state index contributed by atoms with van der Waals surface area (Å²) in [4.78, 5) is 0. The smallest absolute Gasteiger partial charge is 0.0643 e. The Kier molecular flexibility index (Phi) is 3.72. The van der Waals surface area contributed by atoms with Crippen molar-refractivity contribution in [3.8, 4) is 0 Å². The molecule has 0 aliphatic heterocycles. The zero-order valence-corrected chi connectivity index (χ0v) is 11.0. The summed E-state index contributed by atoms with van der Waals surface area (Å²) in [7, 11) is 0. The third-order valence-electron chi connectivity index (χ3n) is 2.75. The molecular formula is C14H13Cl2N. The summed E-state index contributed by atoms with van der Waals surface area (Å²) in [5.74, 6) is 0. The van der Waals surface area contributed by atoms with E-state index in [-0.39, 0.29) is 6.04 Å². The van der Waals surface area contributed by atoms with Crippen molar-refractivity contribution in [1.82, 2.24) is 0 Å². The van der Waals surface area contributed by atoms with E-state index in [0.717, 1.165) is 11.1 Å². The molecule has 2 N–H and O–H groups in total. The van der Waals surface area contributed by atoms with Crippen LogP contribution in [0.15, 0.2) is 42.5 Å². The van der Waals surface area contributed by atoms with Gasteiger partial charge in [0, 0.05) is 0 Å². The van der Waals surface area contributed by atoms with Crippen LogP contribution in [0.4, 0.5) is 0 Å². The molecule has 0 saturated heterocycles. The van der Waals surface area contributed by atoms with Crippen molar-refractivity contribution < 1.29 is 0 Å². The maximum absolute atomic E-state index is 6.19. The van der Waals surface area contributed by atoms with Gasteiger partial charge in [0.05, 0.1) is 16.1 Å². The van der Waals surface area contributed by atoms with E-state index in [1.54, 1.807) is 6.07 Å². The highest BCUT2D eigenvalue weighted by Gasteiger charge is 2.13. The molecule has 0 aliphatic carbocycles. The van der Waals surface area contributed by atoms with Crippen LogP contribution in [0.5, 0.6) is 0 Å². The Balaban J connectivity index is 2.40. The minimum absolute atomic E-state index is 0.248. The Morgan fingerprint density at radius 1 is 1.00 bits per heavy atom. The van der Waals surface area contributed by atoms with Gasteiger partial charge in [0.25, 0.3) is 0 Å². The van der Waals surface area contributed by atoms with E-state index < -0.39 is 0 Å². The highest BCUT2D eigenvalue weighted by molar-refractivity contribution is 6.42. The van der Waals surface area contributed by atoms with Crippen LogP contribution in [0, 0.1) is 6.92 Å². The van der Waals surface area contributed by atoms with Gasteiger partial charge >= 0.3 is 0 Å². The molecule has 88 valence electrons. The van der Waals surface area contributed by atoms with Crippen LogP contribution in [-0.2, 0) is 0 Å². The topological polar surface area (TPSA) is 26.0 Å². The van der Waals surface area contributed by atoms with Gasteiger partial charge in [0.15, 0.2) is 0 Å². The van der Waals surface area contributed by atoms with Gasteiger partial charge < -0.3 is 5.73 Å². The molecule has 2 rings (SSSR count). The predicted octanol–water partition coefficient (Wildman–Crippen LogP) is 4.35. The second-order valence-electron chi connectivity index (χ2n) is 4.03. The molecule has 2 aromatic carbocycles. The second-order valence-corrected chi connectivity index (χ2v) is 4.82. The van der Waals surface area contributed by atoms with E-state index in [1.807, 2.05) is 43.3 Å². The molecule has 0 saturated carbocycles. The van der Waals surface area contributed by atoms with Gasteiger partial charge in [-0.25, -0.2) is 0 Å². The fourth-order valence-electron chi connectivity index (χ4n) is 1.71. The molecule has 0 bridgehead atoms. The van der Waals surface area contributed by atoms with Crippen molar-refractivity contribution >= 4 is 23.2 Å². The average Bonchev–Trinajstić information content (AvgIpc) is 2.33. The van der Waals surface area contributed by atoms with Gasteiger partial charge in [-0.05, 0) is 24.1 Å². The molecule has 17 heavy (non-hydrogen) atoms. The number of hydrogen-bond acceptors (Lipinski definition) is 1. The summed E-state index contributed by atoms with van der Waals surface area (Å²) >= 11 is 12.1. The molecule has 0 radical (unpaired) electrons. The van der Waals surface area contributed by atoms with Crippen LogP contribution in [-0.4, -0.2) is 0 Å². The Hall–Kier alpha value is -1.02.